The molecule has 0 amide bonds. The van der Waals surface area contributed by atoms with Gasteiger partial charge in [0.05, 0.1) is 12.3 Å². The van der Waals surface area contributed by atoms with Crippen LogP contribution < -0.4 is 10.5 Å². The maximum atomic E-state index is 11.9. The highest BCUT2D eigenvalue weighted by molar-refractivity contribution is 7.89. The van der Waals surface area contributed by atoms with Crippen LogP contribution in [0.25, 0.3) is 0 Å². The summed E-state index contributed by atoms with van der Waals surface area (Å²) < 4.78 is 26.5. The molecule has 0 aliphatic rings. The molecular weight excluding hydrogens is 272 g/mol. The van der Waals surface area contributed by atoms with E-state index in [0.717, 1.165) is 11.1 Å². The number of rotatable bonds is 5. The molecule has 0 bridgehead atoms. The van der Waals surface area contributed by atoms with Crippen molar-refractivity contribution in [3.8, 4) is 11.8 Å². The summed E-state index contributed by atoms with van der Waals surface area (Å²) in [5.74, 6) is 5.95. The lowest BCUT2D eigenvalue weighted by Gasteiger charge is -2.16. The molecule has 0 fully saturated rings. The van der Waals surface area contributed by atoms with E-state index >= 15 is 0 Å². The van der Waals surface area contributed by atoms with E-state index < -0.39 is 10.0 Å². The third-order valence-electron chi connectivity index (χ3n) is 2.63. The molecule has 5 heteroatoms. The molecule has 20 heavy (non-hydrogen) atoms. The Hall–Kier alpha value is -1.35. The second-order valence-electron chi connectivity index (χ2n) is 5.15. The summed E-state index contributed by atoms with van der Waals surface area (Å²) in [6, 6.07) is 7.23. The zero-order valence-electron chi connectivity index (χ0n) is 12.2. The van der Waals surface area contributed by atoms with E-state index in [0.29, 0.717) is 6.54 Å². The quantitative estimate of drug-likeness (QED) is 0.811. The Balaban J connectivity index is 2.85. The average molecular weight is 294 g/mol. The fourth-order valence-electron chi connectivity index (χ4n) is 1.86. The molecule has 110 valence electrons. The number of sulfonamides is 1. The van der Waals surface area contributed by atoms with Crippen molar-refractivity contribution in [3.63, 3.8) is 0 Å². The van der Waals surface area contributed by atoms with Gasteiger partial charge in [0.25, 0.3) is 0 Å². The van der Waals surface area contributed by atoms with Crippen LogP contribution in [0.5, 0.6) is 0 Å². The van der Waals surface area contributed by atoms with E-state index in [1.807, 2.05) is 45.0 Å². The maximum absolute atomic E-state index is 11.9. The monoisotopic (exact) mass is 294 g/mol. The second kappa shape index (κ2) is 7.44. The van der Waals surface area contributed by atoms with Gasteiger partial charge in [-0.2, -0.15) is 0 Å². The van der Waals surface area contributed by atoms with Crippen molar-refractivity contribution in [1.29, 1.82) is 0 Å². The maximum Gasteiger partial charge on any atom is 0.212 e. The summed E-state index contributed by atoms with van der Waals surface area (Å²) in [6.07, 6.45) is 0. The third kappa shape index (κ3) is 5.74. The summed E-state index contributed by atoms with van der Waals surface area (Å²) in [5, 5.41) is 0. The number of benzene rings is 1. The zero-order chi connectivity index (χ0) is 15.2. The Morgan fingerprint density at radius 2 is 2.00 bits per heavy atom. The van der Waals surface area contributed by atoms with Crippen LogP contribution in [0.4, 0.5) is 0 Å². The van der Waals surface area contributed by atoms with Crippen LogP contribution in [0, 0.1) is 17.8 Å². The Bertz CT molecular complexity index is 598. The molecule has 1 aromatic rings. The van der Waals surface area contributed by atoms with E-state index in [-0.39, 0.29) is 17.7 Å². The van der Waals surface area contributed by atoms with Gasteiger partial charge in [-0.05, 0) is 30.5 Å². The van der Waals surface area contributed by atoms with E-state index in [4.69, 9.17) is 5.73 Å². The minimum atomic E-state index is -3.26. The SMILES string of the molecule is CC(C)CS(=O)(=O)NC(C)c1cccc(C#CCN)c1. The fraction of sp³-hybridized carbons (Fsp3) is 0.467. The van der Waals surface area contributed by atoms with Crippen LogP contribution in [-0.4, -0.2) is 20.7 Å². The lowest BCUT2D eigenvalue weighted by molar-refractivity contribution is 0.554. The molecule has 0 saturated heterocycles. The van der Waals surface area contributed by atoms with Crippen LogP contribution in [0.3, 0.4) is 0 Å². The van der Waals surface area contributed by atoms with Crippen molar-refractivity contribution in [2.24, 2.45) is 11.7 Å². The molecule has 0 heterocycles. The number of nitrogens with one attached hydrogen (secondary N) is 1. The minimum Gasteiger partial charge on any atom is -0.320 e. The molecule has 1 unspecified atom stereocenters. The topological polar surface area (TPSA) is 72.2 Å². The van der Waals surface area contributed by atoms with Gasteiger partial charge >= 0.3 is 0 Å². The summed E-state index contributed by atoms with van der Waals surface area (Å²) in [7, 11) is -3.26. The first-order valence-electron chi connectivity index (χ1n) is 6.63. The Kier molecular flexibility index (Phi) is 6.21. The van der Waals surface area contributed by atoms with Gasteiger partial charge in [-0.25, -0.2) is 13.1 Å². The van der Waals surface area contributed by atoms with Crippen molar-refractivity contribution in [2.45, 2.75) is 26.8 Å². The first-order valence-corrected chi connectivity index (χ1v) is 8.28. The van der Waals surface area contributed by atoms with Gasteiger partial charge < -0.3 is 5.73 Å². The second-order valence-corrected chi connectivity index (χ2v) is 6.94. The lowest BCUT2D eigenvalue weighted by atomic mass is 10.1. The van der Waals surface area contributed by atoms with Crippen molar-refractivity contribution in [3.05, 3.63) is 35.4 Å². The molecule has 0 saturated carbocycles. The smallest absolute Gasteiger partial charge is 0.212 e. The molecule has 0 spiro atoms. The Morgan fingerprint density at radius 3 is 2.60 bits per heavy atom. The van der Waals surface area contributed by atoms with Crippen LogP contribution in [0.15, 0.2) is 24.3 Å². The number of hydrogen-bond donors (Lipinski definition) is 2. The van der Waals surface area contributed by atoms with Gasteiger partial charge in [-0.3, -0.25) is 0 Å². The normalized spacial score (nSPS) is 12.8. The Labute approximate surface area is 121 Å². The molecule has 0 radical (unpaired) electrons. The van der Waals surface area contributed by atoms with Crippen molar-refractivity contribution >= 4 is 10.0 Å². The Morgan fingerprint density at radius 1 is 1.30 bits per heavy atom. The highest BCUT2D eigenvalue weighted by atomic mass is 32.2. The van der Waals surface area contributed by atoms with Crippen molar-refractivity contribution in [1.82, 2.24) is 4.72 Å². The average Bonchev–Trinajstić information content (AvgIpc) is 2.34. The minimum absolute atomic E-state index is 0.0986. The number of hydrogen-bond acceptors (Lipinski definition) is 3. The van der Waals surface area contributed by atoms with E-state index in [1.165, 1.54) is 0 Å². The molecule has 1 atom stereocenters. The van der Waals surface area contributed by atoms with Crippen LogP contribution in [0.1, 0.15) is 37.9 Å². The molecule has 0 aromatic heterocycles. The van der Waals surface area contributed by atoms with Gasteiger partial charge in [-0.1, -0.05) is 37.8 Å². The fourth-order valence-corrected chi connectivity index (χ4v) is 3.51. The largest absolute Gasteiger partial charge is 0.320 e. The lowest BCUT2D eigenvalue weighted by Crippen LogP contribution is -2.30. The third-order valence-corrected chi connectivity index (χ3v) is 4.45. The van der Waals surface area contributed by atoms with Gasteiger partial charge in [0, 0.05) is 11.6 Å². The van der Waals surface area contributed by atoms with Gasteiger partial charge in [0.15, 0.2) is 0 Å². The van der Waals surface area contributed by atoms with Gasteiger partial charge in [-0.15, -0.1) is 0 Å². The van der Waals surface area contributed by atoms with Crippen molar-refractivity contribution in [2.75, 3.05) is 12.3 Å². The summed E-state index contributed by atoms with van der Waals surface area (Å²) in [4.78, 5) is 0. The van der Waals surface area contributed by atoms with E-state index in [9.17, 15) is 8.42 Å². The first kappa shape index (κ1) is 16.7. The van der Waals surface area contributed by atoms with E-state index in [2.05, 4.69) is 16.6 Å². The zero-order valence-corrected chi connectivity index (χ0v) is 13.0. The molecule has 0 aliphatic carbocycles. The predicted molar refractivity (Wildman–Crippen MR) is 82.5 cm³/mol. The molecule has 0 aliphatic heterocycles. The highest BCUT2D eigenvalue weighted by Gasteiger charge is 2.17. The summed E-state index contributed by atoms with van der Waals surface area (Å²) in [5.41, 5.74) is 7.06. The van der Waals surface area contributed by atoms with Crippen LogP contribution in [-0.2, 0) is 10.0 Å². The number of nitrogens with two attached hydrogens (primary N) is 1. The van der Waals surface area contributed by atoms with Crippen LogP contribution >= 0.6 is 0 Å². The van der Waals surface area contributed by atoms with E-state index in [1.54, 1.807) is 0 Å². The van der Waals surface area contributed by atoms with Gasteiger partial charge in [0.1, 0.15) is 0 Å². The standard InChI is InChI=1S/C15H22N2O2S/c1-12(2)11-20(18,19)17-13(3)15-8-4-6-14(10-15)7-5-9-16/h4,6,8,10,12-13,17H,9,11,16H2,1-3H3. The predicted octanol–water partition coefficient (Wildman–Crippen LogP) is 1.63. The summed E-state index contributed by atoms with van der Waals surface area (Å²) in [6.45, 7) is 5.90. The van der Waals surface area contributed by atoms with Crippen LogP contribution in [0.2, 0.25) is 0 Å². The first-order chi connectivity index (χ1) is 9.34. The molecular formula is C15H22N2O2S. The molecule has 1 rings (SSSR count). The molecule has 1 aromatic carbocycles. The highest BCUT2D eigenvalue weighted by Crippen LogP contribution is 2.15. The summed E-state index contributed by atoms with van der Waals surface area (Å²) >= 11 is 0. The van der Waals surface area contributed by atoms with Crippen molar-refractivity contribution < 1.29 is 8.42 Å². The molecule has 3 N–H and O–H groups in total. The van der Waals surface area contributed by atoms with Gasteiger partial charge in [0.2, 0.25) is 10.0 Å². The molecule has 4 nitrogen and oxygen atoms in total.